The van der Waals surface area contributed by atoms with Crippen LogP contribution in [0.1, 0.15) is 44.0 Å². The SMILES string of the molecule is CN(C(=O)c1ccccc1)C1(C)C2CC(CC2O)C1(C)C. The Kier molecular flexibility index (Phi) is 3.17. The quantitative estimate of drug-likeness (QED) is 0.908. The molecule has 4 unspecified atom stereocenters. The third-order valence-corrected chi connectivity index (χ3v) is 6.60. The molecular formula is C18H25NO2. The van der Waals surface area contributed by atoms with E-state index < -0.39 is 0 Å². The van der Waals surface area contributed by atoms with Crippen molar-refractivity contribution < 1.29 is 9.90 Å². The van der Waals surface area contributed by atoms with E-state index in [0.29, 0.717) is 11.5 Å². The molecule has 1 aromatic rings. The summed E-state index contributed by atoms with van der Waals surface area (Å²) in [5.74, 6) is 0.717. The second-order valence-corrected chi connectivity index (χ2v) is 7.44. The summed E-state index contributed by atoms with van der Waals surface area (Å²) in [6, 6.07) is 9.43. The van der Waals surface area contributed by atoms with E-state index >= 15 is 0 Å². The van der Waals surface area contributed by atoms with Gasteiger partial charge >= 0.3 is 0 Å². The fourth-order valence-corrected chi connectivity index (χ4v) is 4.77. The Morgan fingerprint density at radius 1 is 1.19 bits per heavy atom. The monoisotopic (exact) mass is 287 g/mol. The van der Waals surface area contributed by atoms with Crippen LogP contribution in [-0.4, -0.2) is 34.6 Å². The molecule has 0 aromatic heterocycles. The highest BCUT2D eigenvalue weighted by atomic mass is 16.3. The number of carbonyl (C=O) groups excluding carboxylic acids is 1. The van der Waals surface area contributed by atoms with Gasteiger partial charge in [0.05, 0.1) is 11.6 Å². The molecule has 4 atom stereocenters. The van der Waals surface area contributed by atoms with Gasteiger partial charge < -0.3 is 10.0 Å². The first-order chi connectivity index (χ1) is 9.80. The van der Waals surface area contributed by atoms with E-state index in [-0.39, 0.29) is 28.9 Å². The van der Waals surface area contributed by atoms with E-state index in [9.17, 15) is 9.90 Å². The Hall–Kier alpha value is -1.35. The maximum absolute atomic E-state index is 12.9. The zero-order valence-electron chi connectivity index (χ0n) is 13.3. The molecule has 0 radical (unpaired) electrons. The maximum atomic E-state index is 12.9. The third-order valence-electron chi connectivity index (χ3n) is 6.60. The minimum atomic E-state index is -0.303. The highest BCUT2D eigenvalue weighted by molar-refractivity contribution is 5.94. The van der Waals surface area contributed by atoms with Gasteiger partial charge in [0.15, 0.2) is 0 Å². The van der Waals surface area contributed by atoms with Gasteiger partial charge in [-0.3, -0.25) is 4.79 Å². The van der Waals surface area contributed by atoms with E-state index in [1.54, 1.807) is 0 Å². The number of carbonyl (C=O) groups is 1. The second kappa shape index (κ2) is 4.57. The molecule has 2 bridgehead atoms. The van der Waals surface area contributed by atoms with E-state index in [1.807, 2.05) is 42.3 Å². The Morgan fingerprint density at radius 3 is 2.38 bits per heavy atom. The van der Waals surface area contributed by atoms with Crippen LogP contribution in [0.2, 0.25) is 0 Å². The molecule has 1 N–H and O–H groups in total. The lowest BCUT2D eigenvalue weighted by Crippen LogP contribution is -2.62. The molecule has 0 aliphatic heterocycles. The molecule has 2 saturated carbocycles. The van der Waals surface area contributed by atoms with E-state index in [1.165, 1.54) is 0 Å². The molecule has 3 heteroatoms. The lowest BCUT2D eigenvalue weighted by Gasteiger charge is -2.54. The maximum Gasteiger partial charge on any atom is 0.254 e. The molecule has 0 heterocycles. The summed E-state index contributed by atoms with van der Waals surface area (Å²) in [5.41, 5.74) is 0.438. The van der Waals surface area contributed by atoms with Gasteiger partial charge in [-0.15, -0.1) is 0 Å². The number of nitrogens with zero attached hydrogens (tertiary/aromatic N) is 1. The zero-order chi connectivity index (χ0) is 15.4. The van der Waals surface area contributed by atoms with E-state index in [2.05, 4.69) is 20.8 Å². The first-order valence-electron chi connectivity index (χ1n) is 7.81. The van der Waals surface area contributed by atoms with Crippen molar-refractivity contribution in [1.82, 2.24) is 4.90 Å². The van der Waals surface area contributed by atoms with Crippen molar-refractivity contribution in [3.05, 3.63) is 35.9 Å². The van der Waals surface area contributed by atoms with Crippen LogP contribution in [0, 0.1) is 17.3 Å². The van der Waals surface area contributed by atoms with Crippen molar-refractivity contribution in [3.8, 4) is 0 Å². The number of fused-ring (bicyclic) bond motifs is 2. The number of aliphatic hydroxyl groups excluding tert-OH is 1. The van der Waals surface area contributed by atoms with Crippen molar-refractivity contribution in [2.75, 3.05) is 7.05 Å². The van der Waals surface area contributed by atoms with Crippen LogP contribution >= 0.6 is 0 Å². The first-order valence-corrected chi connectivity index (χ1v) is 7.81. The topological polar surface area (TPSA) is 40.5 Å². The summed E-state index contributed by atoms with van der Waals surface area (Å²) >= 11 is 0. The van der Waals surface area contributed by atoms with Crippen molar-refractivity contribution >= 4 is 5.91 Å². The van der Waals surface area contributed by atoms with Crippen LogP contribution in [0.25, 0.3) is 0 Å². The molecule has 2 aliphatic carbocycles. The predicted molar refractivity (Wildman–Crippen MR) is 82.9 cm³/mol. The summed E-state index contributed by atoms with van der Waals surface area (Å²) in [7, 11) is 1.89. The molecule has 3 rings (SSSR count). The minimum Gasteiger partial charge on any atom is -0.393 e. The second-order valence-electron chi connectivity index (χ2n) is 7.44. The van der Waals surface area contributed by atoms with Crippen LogP contribution < -0.4 is 0 Å². The molecule has 3 nitrogen and oxygen atoms in total. The fourth-order valence-electron chi connectivity index (χ4n) is 4.77. The summed E-state index contributed by atoms with van der Waals surface area (Å²) in [4.78, 5) is 14.7. The van der Waals surface area contributed by atoms with Gasteiger partial charge in [-0.1, -0.05) is 32.0 Å². The summed E-state index contributed by atoms with van der Waals surface area (Å²) in [5, 5.41) is 10.4. The van der Waals surface area contributed by atoms with Gasteiger partial charge in [0.2, 0.25) is 0 Å². The molecule has 1 aromatic carbocycles. The highest BCUT2D eigenvalue weighted by Crippen LogP contribution is 2.63. The van der Waals surface area contributed by atoms with Gasteiger partial charge in [-0.2, -0.15) is 0 Å². The molecule has 1 amide bonds. The Labute approximate surface area is 127 Å². The first kappa shape index (κ1) is 14.6. The molecular weight excluding hydrogens is 262 g/mol. The van der Waals surface area contributed by atoms with E-state index in [0.717, 1.165) is 12.8 Å². The lowest BCUT2D eigenvalue weighted by atomic mass is 9.62. The van der Waals surface area contributed by atoms with E-state index in [4.69, 9.17) is 0 Å². The van der Waals surface area contributed by atoms with Gasteiger partial charge in [0.1, 0.15) is 0 Å². The summed E-state index contributed by atoms with van der Waals surface area (Å²) in [6.45, 7) is 6.65. The number of rotatable bonds is 2. The summed E-state index contributed by atoms with van der Waals surface area (Å²) < 4.78 is 0. The van der Waals surface area contributed by atoms with Gasteiger partial charge in [-0.25, -0.2) is 0 Å². The number of hydrogen-bond acceptors (Lipinski definition) is 2. The minimum absolute atomic E-state index is 0.0239. The number of amides is 1. The van der Waals surface area contributed by atoms with Crippen molar-refractivity contribution in [3.63, 3.8) is 0 Å². The van der Waals surface area contributed by atoms with Gasteiger partial charge in [0.25, 0.3) is 5.91 Å². The Morgan fingerprint density at radius 2 is 1.81 bits per heavy atom. The average Bonchev–Trinajstić information content (AvgIpc) is 2.95. The van der Waals surface area contributed by atoms with Gasteiger partial charge in [-0.05, 0) is 43.2 Å². The average molecular weight is 287 g/mol. The number of benzene rings is 1. The Bertz CT molecular complexity index is 554. The zero-order valence-corrected chi connectivity index (χ0v) is 13.3. The van der Waals surface area contributed by atoms with Crippen molar-refractivity contribution in [2.24, 2.45) is 17.3 Å². The standard InChI is InChI=1S/C18H25NO2/c1-17(2)13-10-14(15(20)11-13)18(17,3)19(4)16(21)12-8-6-5-7-9-12/h5-9,13-15,20H,10-11H2,1-4H3. The lowest BCUT2D eigenvalue weighted by molar-refractivity contribution is -0.0659. The van der Waals surface area contributed by atoms with Crippen molar-refractivity contribution in [1.29, 1.82) is 0 Å². The fraction of sp³-hybridized carbons (Fsp3) is 0.611. The van der Waals surface area contributed by atoms with Crippen LogP contribution in [0.15, 0.2) is 30.3 Å². The van der Waals surface area contributed by atoms with Crippen LogP contribution in [-0.2, 0) is 0 Å². The molecule has 2 fully saturated rings. The van der Waals surface area contributed by atoms with Crippen LogP contribution in [0.3, 0.4) is 0 Å². The largest absolute Gasteiger partial charge is 0.393 e. The van der Waals surface area contributed by atoms with Crippen LogP contribution in [0.4, 0.5) is 0 Å². The molecule has 0 spiro atoms. The van der Waals surface area contributed by atoms with Crippen LogP contribution in [0.5, 0.6) is 0 Å². The Balaban J connectivity index is 1.96. The number of aliphatic hydroxyl groups is 1. The molecule has 21 heavy (non-hydrogen) atoms. The van der Waals surface area contributed by atoms with Gasteiger partial charge in [0, 0.05) is 18.5 Å². The highest BCUT2D eigenvalue weighted by Gasteiger charge is 2.66. The molecule has 114 valence electrons. The normalized spacial score (nSPS) is 36.7. The third kappa shape index (κ3) is 1.80. The number of hydrogen-bond donors (Lipinski definition) is 1. The predicted octanol–water partition coefficient (Wildman–Crippen LogP) is 2.94. The van der Waals surface area contributed by atoms with Crippen molar-refractivity contribution in [2.45, 2.75) is 45.3 Å². The summed E-state index contributed by atoms with van der Waals surface area (Å²) in [6.07, 6.45) is 1.62. The molecule has 2 aliphatic rings. The molecule has 0 saturated heterocycles. The smallest absolute Gasteiger partial charge is 0.254 e.